The van der Waals surface area contributed by atoms with E-state index in [0.29, 0.717) is 12.1 Å². The van der Waals surface area contributed by atoms with Crippen LogP contribution in [0.1, 0.15) is 41.8 Å². The maximum Gasteiger partial charge on any atom is 0.339 e. The first kappa shape index (κ1) is 22.4. The first-order chi connectivity index (χ1) is 13.6. The number of esters is 1. The van der Waals surface area contributed by atoms with E-state index in [1.54, 1.807) is 26.0 Å². The molecule has 0 saturated heterocycles. The van der Waals surface area contributed by atoms with Crippen molar-refractivity contribution in [3.63, 3.8) is 0 Å². The van der Waals surface area contributed by atoms with Gasteiger partial charge in [0, 0.05) is 6.54 Å². The largest absolute Gasteiger partial charge is 0.449 e. The van der Waals surface area contributed by atoms with Crippen molar-refractivity contribution in [3.8, 4) is 5.75 Å². The summed E-state index contributed by atoms with van der Waals surface area (Å²) < 4.78 is 35.4. The highest BCUT2D eigenvalue weighted by Crippen LogP contribution is 2.23. The third kappa shape index (κ3) is 6.05. The molecule has 2 aromatic carbocycles. The number of aryl methyl sites for hydroxylation is 2. The van der Waals surface area contributed by atoms with Crippen LogP contribution in [0.2, 0.25) is 0 Å². The van der Waals surface area contributed by atoms with E-state index >= 15 is 0 Å². The summed E-state index contributed by atoms with van der Waals surface area (Å²) in [6, 6.07) is 10.6. The van der Waals surface area contributed by atoms with Crippen molar-refractivity contribution >= 4 is 22.0 Å². The Hall–Kier alpha value is -2.87. The van der Waals surface area contributed by atoms with Gasteiger partial charge in [-0.05, 0) is 68.7 Å². The number of nitrogens with one attached hydrogen (secondary N) is 1. The fraction of sp³-hybridized carbons (Fsp3) is 0.333. The molecular weight excluding hydrogens is 394 g/mol. The minimum Gasteiger partial charge on any atom is -0.449 e. The fourth-order valence-electron chi connectivity index (χ4n) is 2.47. The molecule has 0 aromatic heterocycles. The third-order valence-corrected chi connectivity index (χ3v) is 5.50. The standard InChI is InChI=1S/C21H25NO6S/c1-5-12-22-20(23)16(4)27-21(24)17-8-10-18(11-9-17)28-29(25,26)19-13-14(2)6-7-15(19)3/h6-11,13,16H,5,12H2,1-4H3,(H,22,23)/t16-/m0/s1. The van der Waals surface area contributed by atoms with Crippen LogP contribution in [0.4, 0.5) is 0 Å². The maximum atomic E-state index is 12.5. The van der Waals surface area contributed by atoms with E-state index < -0.39 is 22.2 Å². The summed E-state index contributed by atoms with van der Waals surface area (Å²) >= 11 is 0. The second-order valence-corrected chi connectivity index (χ2v) is 8.18. The summed E-state index contributed by atoms with van der Waals surface area (Å²) in [6.45, 7) is 7.38. The van der Waals surface area contributed by atoms with E-state index in [4.69, 9.17) is 8.92 Å². The van der Waals surface area contributed by atoms with Crippen LogP contribution in [0.5, 0.6) is 5.75 Å². The van der Waals surface area contributed by atoms with E-state index in [-0.39, 0.29) is 22.1 Å². The molecule has 0 radical (unpaired) electrons. The molecule has 0 heterocycles. The fourth-order valence-corrected chi connectivity index (χ4v) is 3.72. The normalized spacial score (nSPS) is 12.1. The number of rotatable bonds is 8. The van der Waals surface area contributed by atoms with Crippen LogP contribution in [0.25, 0.3) is 0 Å². The highest BCUT2D eigenvalue weighted by Gasteiger charge is 2.21. The summed E-state index contributed by atoms with van der Waals surface area (Å²) in [4.78, 5) is 24.1. The molecule has 0 saturated carbocycles. The number of ether oxygens (including phenoxy) is 1. The van der Waals surface area contributed by atoms with E-state index in [1.165, 1.54) is 31.2 Å². The predicted molar refractivity (Wildman–Crippen MR) is 108 cm³/mol. The van der Waals surface area contributed by atoms with Gasteiger partial charge in [0.2, 0.25) is 0 Å². The van der Waals surface area contributed by atoms with Crippen molar-refractivity contribution in [2.24, 2.45) is 0 Å². The van der Waals surface area contributed by atoms with Crippen LogP contribution in [0.3, 0.4) is 0 Å². The number of amides is 1. The van der Waals surface area contributed by atoms with Crippen molar-refractivity contribution in [1.29, 1.82) is 0 Å². The van der Waals surface area contributed by atoms with E-state index in [0.717, 1.165) is 12.0 Å². The van der Waals surface area contributed by atoms with Crippen molar-refractivity contribution in [3.05, 3.63) is 59.2 Å². The molecule has 156 valence electrons. The SMILES string of the molecule is CCCNC(=O)[C@H](C)OC(=O)c1ccc(OS(=O)(=O)c2cc(C)ccc2C)cc1. The minimum absolute atomic E-state index is 0.0659. The van der Waals surface area contributed by atoms with Gasteiger partial charge >= 0.3 is 16.1 Å². The van der Waals surface area contributed by atoms with Gasteiger partial charge in [-0.25, -0.2) is 4.79 Å². The molecule has 0 spiro atoms. The summed E-state index contributed by atoms with van der Waals surface area (Å²) in [5.41, 5.74) is 1.55. The molecule has 0 aliphatic heterocycles. The topological polar surface area (TPSA) is 98.8 Å². The van der Waals surface area contributed by atoms with Gasteiger partial charge in [-0.1, -0.05) is 19.1 Å². The van der Waals surface area contributed by atoms with Crippen molar-refractivity contribution in [2.45, 2.75) is 45.1 Å². The first-order valence-electron chi connectivity index (χ1n) is 9.24. The zero-order valence-electron chi connectivity index (χ0n) is 16.9. The maximum absolute atomic E-state index is 12.5. The van der Waals surface area contributed by atoms with Crippen LogP contribution in [-0.2, 0) is 19.6 Å². The Balaban J connectivity index is 2.07. The van der Waals surface area contributed by atoms with Crippen LogP contribution < -0.4 is 9.50 Å². The van der Waals surface area contributed by atoms with Gasteiger partial charge in [-0.3, -0.25) is 4.79 Å². The molecule has 0 bridgehead atoms. The minimum atomic E-state index is -4.01. The molecule has 2 rings (SSSR count). The lowest BCUT2D eigenvalue weighted by molar-refractivity contribution is -0.129. The molecule has 2 aromatic rings. The average molecular weight is 419 g/mol. The Kier molecular flexibility index (Phi) is 7.39. The zero-order chi connectivity index (χ0) is 21.6. The quantitative estimate of drug-likeness (QED) is 0.521. The molecule has 8 heteroatoms. The van der Waals surface area contributed by atoms with Gasteiger partial charge in [0.25, 0.3) is 5.91 Å². The molecule has 0 aliphatic rings. The molecule has 1 N–H and O–H groups in total. The van der Waals surface area contributed by atoms with Gasteiger partial charge in [0.1, 0.15) is 10.6 Å². The highest BCUT2D eigenvalue weighted by molar-refractivity contribution is 7.87. The zero-order valence-corrected chi connectivity index (χ0v) is 17.7. The van der Waals surface area contributed by atoms with E-state index in [9.17, 15) is 18.0 Å². The molecular formula is C21H25NO6S. The molecule has 1 amide bonds. The Morgan fingerprint density at radius 2 is 1.72 bits per heavy atom. The predicted octanol–water partition coefficient (Wildman–Crippen LogP) is 3.14. The van der Waals surface area contributed by atoms with Crippen molar-refractivity contribution in [1.82, 2.24) is 5.32 Å². The average Bonchev–Trinajstić information content (AvgIpc) is 2.67. The first-order valence-corrected chi connectivity index (χ1v) is 10.7. The summed E-state index contributed by atoms with van der Waals surface area (Å²) in [5.74, 6) is -0.996. The molecule has 0 fully saturated rings. The van der Waals surface area contributed by atoms with E-state index in [1.807, 2.05) is 13.0 Å². The van der Waals surface area contributed by atoms with Crippen LogP contribution >= 0.6 is 0 Å². The van der Waals surface area contributed by atoms with Crippen LogP contribution in [0.15, 0.2) is 47.4 Å². The summed E-state index contributed by atoms with van der Waals surface area (Å²) in [6.07, 6.45) is -0.159. The Bertz CT molecular complexity index is 983. The molecule has 0 unspecified atom stereocenters. The van der Waals surface area contributed by atoms with Gasteiger partial charge in [0.15, 0.2) is 6.10 Å². The van der Waals surface area contributed by atoms with Gasteiger partial charge < -0.3 is 14.2 Å². The molecule has 29 heavy (non-hydrogen) atoms. The lowest BCUT2D eigenvalue weighted by Gasteiger charge is -2.13. The second-order valence-electron chi connectivity index (χ2n) is 6.67. The third-order valence-electron chi connectivity index (χ3n) is 4.11. The van der Waals surface area contributed by atoms with Gasteiger partial charge in [-0.15, -0.1) is 0 Å². The Morgan fingerprint density at radius 3 is 2.34 bits per heavy atom. The number of benzene rings is 2. The van der Waals surface area contributed by atoms with Gasteiger partial charge in [0.05, 0.1) is 5.56 Å². The Labute approximate surface area is 171 Å². The lowest BCUT2D eigenvalue weighted by atomic mass is 10.2. The number of carbonyl (C=O) groups excluding carboxylic acids is 2. The lowest BCUT2D eigenvalue weighted by Crippen LogP contribution is -2.36. The van der Waals surface area contributed by atoms with Gasteiger partial charge in [-0.2, -0.15) is 8.42 Å². The monoisotopic (exact) mass is 419 g/mol. The second kappa shape index (κ2) is 9.56. The van der Waals surface area contributed by atoms with E-state index in [2.05, 4.69) is 5.32 Å². The summed E-state index contributed by atoms with van der Waals surface area (Å²) in [7, 11) is -4.01. The van der Waals surface area contributed by atoms with Crippen molar-refractivity contribution < 1.29 is 26.9 Å². The molecule has 0 aliphatic carbocycles. The molecule has 1 atom stereocenters. The smallest absolute Gasteiger partial charge is 0.339 e. The highest BCUT2D eigenvalue weighted by atomic mass is 32.2. The van der Waals surface area contributed by atoms with Crippen molar-refractivity contribution in [2.75, 3.05) is 6.54 Å². The summed E-state index contributed by atoms with van der Waals surface area (Å²) in [5, 5.41) is 2.64. The number of hydrogen-bond donors (Lipinski definition) is 1. The number of carbonyl (C=O) groups is 2. The number of hydrogen-bond acceptors (Lipinski definition) is 6. The van der Waals surface area contributed by atoms with Crippen LogP contribution in [0, 0.1) is 13.8 Å². The molecule has 7 nitrogen and oxygen atoms in total. The Morgan fingerprint density at radius 1 is 1.07 bits per heavy atom. The van der Waals surface area contributed by atoms with Crippen LogP contribution in [-0.4, -0.2) is 32.9 Å².